The molecule has 0 aliphatic heterocycles. The van der Waals surface area contributed by atoms with Crippen LogP contribution in [0.4, 0.5) is 0 Å². The number of carbonyl (C=O) groups is 1. The van der Waals surface area contributed by atoms with Crippen LogP contribution in [0.15, 0.2) is 47.3 Å². The van der Waals surface area contributed by atoms with Crippen molar-refractivity contribution < 1.29 is 14.3 Å². The summed E-state index contributed by atoms with van der Waals surface area (Å²) in [4.78, 5) is 28.5. The number of hydrogen-bond donors (Lipinski definition) is 1. The highest BCUT2D eigenvalue weighted by Gasteiger charge is 2.14. The first-order valence-corrected chi connectivity index (χ1v) is 8.01. The van der Waals surface area contributed by atoms with Gasteiger partial charge in [-0.05, 0) is 24.3 Å². The van der Waals surface area contributed by atoms with Crippen molar-refractivity contribution in [3.8, 4) is 17.6 Å². The summed E-state index contributed by atoms with van der Waals surface area (Å²) in [5, 5.41) is 9.36. The molecule has 3 aromatic rings. The number of rotatable bonds is 6. The van der Waals surface area contributed by atoms with Crippen molar-refractivity contribution in [2.45, 2.75) is 13.2 Å². The van der Waals surface area contributed by atoms with Crippen molar-refractivity contribution in [2.75, 3.05) is 7.11 Å². The van der Waals surface area contributed by atoms with E-state index < -0.39 is 5.91 Å². The number of amides is 1. The van der Waals surface area contributed by atoms with Crippen LogP contribution in [-0.4, -0.2) is 22.6 Å². The van der Waals surface area contributed by atoms with Crippen molar-refractivity contribution in [1.82, 2.24) is 9.55 Å². The number of nitrogens with zero attached hydrogens (tertiary/aromatic N) is 3. The van der Waals surface area contributed by atoms with Gasteiger partial charge in [0.25, 0.3) is 5.56 Å². The maximum Gasteiger partial charge on any atom is 0.261 e. The second-order valence-electron chi connectivity index (χ2n) is 5.67. The number of ether oxygens (including phenoxy) is 2. The Morgan fingerprint density at radius 1 is 1.26 bits per heavy atom. The zero-order valence-electron chi connectivity index (χ0n) is 14.5. The molecule has 0 saturated heterocycles. The largest absolute Gasteiger partial charge is 0.493 e. The molecule has 1 aromatic heterocycles. The van der Waals surface area contributed by atoms with E-state index >= 15 is 0 Å². The molecule has 0 aliphatic carbocycles. The fourth-order valence-corrected chi connectivity index (χ4v) is 2.64. The third-order valence-electron chi connectivity index (χ3n) is 3.90. The number of hydrogen-bond acceptors (Lipinski definition) is 6. The van der Waals surface area contributed by atoms with Crippen molar-refractivity contribution in [3.63, 3.8) is 0 Å². The van der Waals surface area contributed by atoms with Crippen molar-refractivity contribution >= 4 is 16.8 Å². The number of aromatic nitrogens is 2. The zero-order valence-corrected chi connectivity index (χ0v) is 14.5. The Hall–Kier alpha value is -3.86. The molecule has 0 fully saturated rings. The number of benzene rings is 2. The van der Waals surface area contributed by atoms with E-state index in [0.29, 0.717) is 28.0 Å². The predicted octanol–water partition coefficient (Wildman–Crippen LogP) is 1.34. The van der Waals surface area contributed by atoms with Gasteiger partial charge in [-0.1, -0.05) is 12.1 Å². The number of methoxy groups -OCH3 is 1. The third kappa shape index (κ3) is 3.72. The summed E-state index contributed by atoms with van der Waals surface area (Å²) in [5.41, 5.74) is 5.82. The van der Waals surface area contributed by atoms with Crippen LogP contribution in [0.5, 0.6) is 11.5 Å². The Balaban J connectivity index is 2.00. The lowest BCUT2D eigenvalue weighted by Crippen LogP contribution is -2.32. The van der Waals surface area contributed by atoms with Gasteiger partial charge >= 0.3 is 0 Å². The molecule has 0 radical (unpaired) electrons. The maximum absolute atomic E-state index is 12.7. The molecular formula is C19H16N4O4. The minimum atomic E-state index is -0.661. The fourth-order valence-electron chi connectivity index (χ4n) is 2.64. The average molecular weight is 364 g/mol. The molecule has 136 valence electrons. The highest BCUT2D eigenvalue weighted by atomic mass is 16.5. The van der Waals surface area contributed by atoms with Crippen LogP contribution >= 0.6 is 0 Å². The fraction of sp³-hybridized carbons (Fsp3) is 0.158. The Morgan fingerprint density at radius 2 is 2.04 bits per heavy atom. The van der Waals surface area contributed by atoms with Gasteiger partial charge in [-0.2, -0.15) is 5.26 Å². The number of fused-ring (bicyclic) bond motifs is 1. The average Bonchev–Trinajstić information content (AvgIpc) is 2.68. The molecule has 2 N–H and O–H groups in total. The summed E-state index contributed by atoms with van der Waals surface area (Å²) in [6.45, 7) is -0.393. The standard InChI is InChI=1S/C19H16N4O4/c1-26-16-8-12(9-20)6-7-15(16)27-11-18-22-14-5-3-2-4-13(14)19(25)23(18)10-17(21)24/h2-8H,10-11H2,1H3,(H2,21,24). The van der Waals surface area contributed by atoms with E-state index in [-0.39, 0.29) is 24.5 Å². The smallest absolute Gasteiger partial charge is 0.261 e. The number of para-hydroxylation sites is 1. The maximum atomic E-state index is 12.7. The molecule has 8 nitrogen and oxygen atoms in total. The lowest BCUT2D eigenvalue weighted by molar-refractivity contribution is -0.118. The van der Waals surface area contributed by atoms with E-state index in [2.05, 4.69) is 4.98 Å². The van der Waals surface area contributed by atoms with E-state index in [4.69, 9.17) is 20.5 Å². The van der Waals surface area contributed by atoms with Gasteiger partial charge in [0.05, 0.1) is 29.6 Å². The van der Waals surface area contributed by atoms with E-state index in [0.717, 1.165) is 0 Å². The Morgan fingerprint density at radius 3 is 2.74 bits per heavy atom. The molecule has 3 rings (SSSR count). The molecule has 0 unspecified atom stereocenters. The van der Waals surface area contributed by atoms with Gasteiger partial charge < -0.3 is 15.2 Å². The monoisotopic (exact) mass is 364 g/mol. The highest BCUT2D eigenvalue weighted by Crippen LogP contribution is 2.28. The molecular weight excluding hydrogens is 348 g/mol. The van der Waals surface area contributed by atoms with Crippen molar-refractivity contribution in [3.05, 3.63) is 64.2 Å². The van der Waals surface area contributed by atoms with Crippen LogP contribution in [0, 0.1) is 11.3 Å². The second kappa shape index (κ2) is 7.58. The topological polar surface area (TPSA) is 120 Å². The van der Waals surface area contributed by atoms with Crippen LogP contribution in [0.3, 0.4) is 0 Å². The van der Waals surface area contributed by atoms with Crippen molar-refractivity contribution in [1.29, 1.82) is 5.26 Å². The van der Waals surface area contributed by atoms with Gasteiger partial charge in [0, 0.05) is 6.07 Å². The van der Waals surface area contributed by atoms with Crippen LogP contribution < -0.4 is 20.8 Å². The van der Waals surface area contributed by atoms with E-state index in [1.54, 1.807) is 42.5 Å². The first-order valence-electron chi connectivity index (χ1n) is 8.01. The minimum absolute atomic E-state index is 0.0877. The second-order valence-corrected chi connectivity index (χ2v) is 5.67. The molecule has 27 heavy (non-hydrogen) atoms. The number of primary amides is 1. The van der Waals surface area contributed by atoms with Crippen LogP contribution in [0.25, 0.3) is 10.9 Å². The number of nitrogens with two attached hydrogens (primary N) is 1. The SMILES string of the molecule is COc1cc(C#N)ccc1OCc1nc2ccccc2c(=O)n1CC(N)=O. The van der Waals surface area contributed by atoms with E-state index in [9.17, 15) is 9.59 Å². The van der Waals surface area contributed by atoms with Crippen molar-refractivity contribution in [2.24, 2.45) is 5.73 Å². The van der Waals surface area contributed by atoms with Gasteiger partial charge in [-0.3, -0.25) is 14.2 Å². The number of carbonyl (C=O) groups excluding carboxylic acids is 1. The van der Waals surface area contributed by atoms with Gasteiger partial charge in [0.15, 0.2) is 17.3 Å². The molecule has 0 saturated carbocycles. The lowest BCUT2D eigenvalue weighted by atomic mass is 10.2. The Kier molecular flexibility index (Phi) is 5.04. The summed E-state index contributed by atoms with van der Waals surface area (Å²) in [6.07, 6.45) is 0. The first kappa shape index (κ1) is 17.9. The third-order valence-corrected chi connectivity index (χ3v) is 3.90. The summed E-state index contributed by atoms with van der Waals surface area (Å²) >= 11 is 0. The zero-order chi connectivity index (χ0) is 19.4. The lowest BCUT2D eigenvalue weighted by Gasteiger charge is -2.14. The van der Waals surface area contributed by atoms with Crippen LogP contribution in [-0.2, 0) is 17.9 Å². The first-order chi connectivity index (χ1) is 13.0. The minimum Gasteiger partial charge on any atom is -0.493 e. The van der Waals surface area contributed by atoms with Crippen LogP contribution in [0.1, 0.15) is 11.4 Å². The van der Waals surface area contributed by atoms with Gasteiger partial charge in [-0.25, -0.2) is 4.98 Å². The molecule has 0 atom stereocenters. The van der Waals surface area contributed by atoms with Gasteiger partial charge in [-0.15, -0.1) is 0 Å². The number of nitriles is 1. The molecule has 1 heterocycles. The quantitative estimate of drug-likeness (QED) is 0.705. The molecule has 2 aromatic carbocycles. The highest BCUT2D eigenvalue weighted by molar-refractivity contribution is 5.78. The summed E-state index contributed by atoms with van der Waals surface area (Å²) in [5.74, 6) is 0.346. The Labute approximate surface area is 154 Å². The van der Waals surface area contributed by atoms with Gasteiger partial charge in [0.1, 0.15) is 13.2 Å². The Bertz CT molecular complexity index is 1110. The molecule has 0 aliphatic rings. The molecule has 1 amide bonds. The summed E-state index contributed by atoms with van der Waals surface area (Å²) in [7, 11) is 1.46. The molecule has 0 bridgehead atoms. The van der Waals surface area contributed by atoms with E-state index in [1.165, 1.54) is 11.7 Å². The van der Waals surface area contributed by atoms with Crippen LogP contribution in [0.2, 0.25) is 0 Å². The van der Waals surface area contributed by atoms with E-state index in [1.807, 2.05) is 6.07 Å². The molecule has 8 heteroatoms. The summed E-state index contributed by atoms with van der Waals surface area (Å²) < 4.78 is 12.2. The molecule has 0 spiro atoms. The summed E-state index contributed by atoms with van der Waals surface area (Å²) in [6, 6.07) is 13.6. The predicted molar refractivity (Wildman–Crippen MR) is 97.2 cm³/mol. The normalized spacial score (nSPS) is 10.4. The van der Waals surface area contributed by atoms with Gasteiger partial charge in [0.2, 0.25) is 5.91 Å².